The van der Waals surface area contributed by atoms with Crippen molar-refractivity contribution in [1.29, 1.82) is 0 Å². The molecule has 1 aliphatic heterocycles. The molecule has 0 aliphatic carbocycles. The zero-order valence-corrected chi connectivity index (χ0v) is 14.0. The summed E-state index contributed by atoms with van der Waals surface area (Å²) in [5.74, 6) is 1.06. The number of amides is 1. The first-order valence-corrected chi connectivity index (χ1v) is 8.00. The maximum Gasteiger partial charge on any atom is 0.273 e. The molecule has 0 spiro atoms. The number of ether oxygens (including phenoxy) is 2. The summed E-state index contributed by atoms with van der Waals surface area (Å²) in [5.41, 5.74) is 4.77. The molecule has 1 amide bonds. The fraction of sp³-hybridized carbons (Fsp3) is 0.0588. The molecule has 0 radical (unpaired) electrons. The van der Waals surface area contributed by atoms with Crippen LogP contribution in [0.3, 0.4) is 0 Å². The molecule has 24 heavy (non-hydrogen) atoms. The van der Waals surface area contributed by atoms with Gasteiger partial charge >= 0.3 is 0 Å². The third kappa shape index (κ3) is 2.63. The van der Waals surface area contributed by atoms with Crippen molar-refractivity contribution in [3.05, 3.63) is 58.2 Å². The molecule has 3 aromatic rings. The number of hydrogen-bond donors (Lipinski definition) is 2. The second-order valence-electron chi connectivity index (χ2n) is 5.17. The summed E-state index contributed by atoms with van der Waals surface area (Å²) in [7, 11) is 0. The van der Waals surface area contributed by atoms with Crippen LogP contribution in [0.1, 0.15) is 15.9 Å². The van der Waals surface area contributed by atoms with E-state index in [-0.39, 0.29) is 12.7 Å². The van der Waals surface area contributed by atoms with Crippen LogP contribution in [-0.4, -0.2) is 23.9 Å². The Balaban J connectivity index is 1.52. The highest BCUT2D eigenvalue weighted by Gasteiger charge is 2.15. The molecule has 4 rings (SSSR count). The van der Waals surface area contributed by atoms with Crippen LogP contribution >= 0.6 is 15.9 Å². The summed E-state index contributed by atoms with van der Waals surface area (Å²) < 4.78 is 11.4. The molecule has 0 atom stereocenters. The Morgan fingerprint density at radius 1 is 1.25 bits per heavy atom. The van der Waals surface area contributed by atoms with Crippen molar-refractivity contribution in [2.45, 2.75) is 0 Å². The summed E-state index contributed by atoms with van der Waals surface area (Å²) in [6.45, 7) is 0.208. The second kappa shape index (κ2) is 6.01. The van der Waals surface area contributed by atoms with E-state index in [0.717, 1.165) is 20.9 Å². The number of para-hydroxylation sites is 1. The maximum absolute atomic E-state index is 12.3. The van der Waals surface area contributed by atoms with Gasteiger partial charge in [-0.15, -0.1) is 0 Å². The van der Waals surface area contributed by atoms with Gasteiger partial charge in [0.15, 0.2) is 11.5 Å². The average Bonchev–Trinajstić information content (AvgIpc) is 3.21. The van der Waals surface area contributed by atoms with E-state index in [4.69, 9.17) is 9.47 Å². The van der Waals surface area contributed by atoms with Crippen molar-refractivity contribution in [2.75, 3.05) is 6.79 Å². The number of carbonyl (C=O) groups is 1. The lowest BCUT2D eigenvalue weighted by Gasteiger charge is -2.02. The van der Waals surface area contributed by atoms with E-state index in [1.807, 2.05) is 30.3 Å². The minimum atomic E-state index is -0.277. The van der Waals surface area contributed by atoms with Crippen molar-refractivity contribution in [1.82, 2.24) is 10.4 Å². The van der Waals surface area contributed by atoms with Crippen molar-refractivity contribution in [3.63, 3.8) is 0 Å². The highest BCUT2D eigenvalue weighted by atomic mass is 79.9. The fourth-order valence-corrected chi connectivity index (χ4v) is 2.94. The number of nitrogens with zero attached hydrogens (tertiary/aromatic N) is 1. The van der Waals surface area contributed by atoms with Crippen LogP contribution in [0, 0.1) is 0 Å². The Morgan fingerprint density at radius 3 is 2.92 bits per heavy atom. The first-order valence-electron chi connectivity index (χ1n) is 7.21. The maximum atomic E-state index is 12.3. The van der Waals surface area contributed by atoms with E-state index in [0.29, 0.717) is 17.1 Å². The topological polar surface area (TPSA) is 75.7 Å². The number of H-pyrrole nitrogens is 1. The zero-order valence-electron chi connectivity index (χ0n) is 12.4. The minimum Gasteiger partial charge on any atom is -0.454 e. The van der Waals surface area contributed by atoms with Crippen LogP contribution in [0.15, 0.2) is 52.2 Å². The molecule has 1 aromatic heterocycles. The van der Waals surface area contributed by atoms with E-state index >= 15 is 0 Å². The molecular weight excluding hydrogens is 374 g/mol. The van der Waals surface area contributed by atoms with Crippen LogP contribution in [0.2, 0.25) is 0 Å². The van der Waals surface area contributed by atoms with Crippen molar-refractivity contribution in [3.8, 4) is 11.5 Å². The molecular formula is C17H12BrN3O3. The number of hydrogen-bond acceptors (Lipinski definition) is 4. The smallest absolute Gasteiger partial charge is 0.273 e. The molecule has 6 nitrogen and oxygen atoms in total. The van der Waals surface area contributed by atoms with Crippen LogP contribution in [0.4, 0.5) is 0 Å². The van der Waals surface area contributed by atoms with Crippen LogP contribution in [0.5, 0.6) is 11.5 Å². The van der Waals surface area contributed by atoms with Gasteiger partial charge in [0.2, 0.25) is 6.79 Å². The van der Waals surface area contributed by atoms with Gasteiger partial charge in [-0.2, -0.15) is 5.10 Å². The van der Waals surface area contributed by atoms with Crippen molar-refractivity contribution >= 4 is 39.0 Å². The third-order valence-electron chi connectivity index (χ3n) is 3.70. The normalized spacial score (nSPS) is 12.9. The molecule has 0 saturated heterocycles. The summed E-state index contributed by atoms with van der Waals surface area (Å²) in [5, 5.41) is 4.88. The average molecular weight is 386 g/mol. The van der Waals surface area contributed by atoms with Gasteiger partial charge in [0.05, 0.1) is 11.8 Å². The third-order valence-corrected chi connectivity index (χ3v) is 4.38. The van der Waals surface area contributed by atoms with E-state index in [2.05, 4.69) is 31.4 Å². The summed E-state index contributed by atoms with van der Waals surface area (Å²) in [4.78, 5) is 15.3. The van der Waals surface area contributed by atoms with E-state index in [1.165, 1.54) is 0 Å². The predicted molar refractivity (Wildman–Crippen MR) is 93.6 cm³/mol. The zero-order chi connectivity index (χ0) is 16.5. The molecule has 2 aromatic carbocycles. The number of fused-ring (bicyclic) bond motifs is 2. The Labute approximate surface area is 145 Å². The monoisotopic (exact) mass is 385 g/mol. The van der Waals surface area contributed by atoms with Crippen molar-refractivity contribution < 1.29 is 14.3 Å². The summed E-state index contributed by atoms with van der Waals surface area (Å²) >= 11 is 3.44. The number of halogens is 1. The Morgan fingerprint density at radius 2 is 2.04 bits per heavy atom. The van der Waals surface area contributed by atoms with Gasteiger partial charge in [0.25, 0.3) is 5.91 Å². The summed E-state index contributed by atoms with van der Waals surface area (Å²) in [6.07, 6.45) is 3.23. The minimum absolute atomic E-state index is 0.208. The fourth-order valence-electron chi connectivity index (χ4n) is 2.51. The number of aromatic nitrogens is 1. The van der Waals surface area contributed by atoms with Crippen LogP contribution < -0.4 is 14.9 Å². The van der Waals surface area contributed by atoms with Gasteiger partial charge in [-0.1, -0.05) is 18.2 Å². The number of aromatic amines is 1. The Kier molecular flexibility index (Phi) is 3.70. The molecule has 0 unspecified atom stereocenters. The molecule has 0 saturated carbocycles. The van der Waals surface area contributed by atoms with Gasteiger partial charge in [0.1, 0.15) is 0 Å². The van der Waals surface area contributed by atoms with Gasteiger partial charge in [0, 0.05) is 27.1 Å². The van der Waals surface area contributed by atoms with Crippen LogP contribution in [0.25, 0.3) is 10.9 Å². The molecule has 7 heteroatoms. The number of nitrogens with one attached hydrogen (secondary N) is 2. The first-order chi connectivity index (χ1) is 11.7. The largest absolute Gasteiger partial charge is 0.454 e. The lowest BCUT2D eigenvalue weighted by atomic mass is 10.2. The van der Waals surface area contributed by atoms with Gasteiger partial charge in [-0.05, 0) is 34.1 Å². The first kappa shape index (κ1) is 14.8. The summed E-state index contributed by atoms with van der Waals surface area (Å²) in [6, 6.07) is 11.2. The molecule has 2 N–H and O–H groups in total. The van der Waals surface area contributed by atoms with Gasteiger partial charge < -0.3 is 14.5 Å². The number of carbonyl (C=O) groups excluding carboxylic acids is 1. The Hall–Kier alpha value is -2.80. The molecule has 1 aliphatic rings. The van der Waals surface area contributed by atoms with E-state index in [9.17, 15) is 4.79 Å². The number of benzene rings is 2. The standard InChI is InChI=1S/C17H12BrN3O3/c18-13-6-16-15(23-9-24-16)5-10(13)7-20-21-17(22)12-8-19-14-4-2-1-3-11(12)14/h1-8,19H,9H2,(H,21,22). The van der Waals surface area contributed by atoms with E-state index < -0.39 is 0 Å². The second-order valence-corrected chi connectivity index (χ2v) is 6.03. The predicted octanol–water partition coefficient (Wildman–Crippen LogP) is 3.42. The van der Waals surface area contributed by atoms with Gasteiger partial charge in [-0.3, -0.25) is 4.79 Å². The lowest BCUT2D eigenvalue weighted by molar-refractivity contribution is 0.0957. The highest BCUT2D eigenvalue weighted by Crippen LogP contribution is 2.36. The highest BCUT2D eigenvalue weighted by molar-refractivity contribution is 9.10. The SMILES string of the molecule is O=C(NN=Cc1cc2c(cc1Br)OCO2)c1c[nH]c2ccccc12. The number of hydrazone groups is 1. The van der Waals surface area contributed by atoms with E-state index in [1.54, 1.807) is 18.5 Å². The van der Waals surface area contributed by atoms with Crippen molar-refractivity contribution in [2.24, 2.45) is 5.10 Å². The molecule has 0 bridgehead atoms. The molecule has 0 fully saturated rings. The van der Waals surface area contributed by atoms with Crippen LogP contribution in [-0.2, 0) is 0 Å². The van der Waals surface area contributed by atoms with Gasteiger partial charge in [-0.25, -0.2) is 5.43 Å². The lowest BCUT2D eigenvalue weighted by Crippen LogP contribution is -2.17. The Bertz CT molecular complexity index is 965. The molecule has 120 valence electrons. The quantitative estimate of drug-likeness (QED) is 0.535. The number of rotatable bonds is 3. The molecule has 2 heterocycles.